The molecule has 1 saturated heterocycles. The van der Waals surface area contributed by atoms with Crippen LogP contribution in [0, 0.1) is 0 Å². The summed E-state index contributed by atoms with van der Waals surface area (Å²) >= 11 is 0. The third-order valence-corrected chi connectivity index (χ3v) is 4.85. The number of morpholine rings is 1. The molecule has 2 aromatic carbocycles. The van der Waals surface area contributed by atoms with Crippen molar-refractivity contribution in [3.63, 3.8) is 0 Å². The molecule has 0 bridgehead atoms. The predicted octanol–water partition coefficient (Wildman–Crippen LogP) is 5.66. The summed E-state index contributed by atoms with van der Waals surface area (Å²) in [4.78, 5) is 1.99. The Balaban J connectivity index is 1.86. The van der Waals surface area contributed by atoms with Crippen LogP contribution in [0.4, 0.5) is 26.3 Å². The summed E-state index contributed by atoms with van der Waals surface area (Å²) in [5, 5.41) is 0. The normalized spacial score (nSPS) is 23.5. The molecule has 1 aliphatic heterocycles. The highest BCUT2D eigenvalue weighted by molar-refractivity contribution is 5.33. The van der Waals surface area contributed by atoms with Crippen LogP contribution in [0.15, 0.2) is 48.5 Å². The van der Waals surface area contributed by atoms with Crippen LogP contribution in [0.25, 0.3) is 0 Å². The van der Waals surface area contributed by atoms with Gasteiger partial charge in [0.25, 0.3) is 0 Å². The number of benzene rings is 2. The van der Waals surface area contributed by atoms with Crippen LogP contribution in [-0.4, -0.2) is 30.9 Å². The largest absolute Gasteiger partial charge is 0.416 e. The molecule has 1 fully saturated rings. The Kier molecular flexibility index (Phi) is 6.45. The molecular weight excluding hydrogens is 412 g/mol. The van der Waals surface area contributed by atoms with E-state index in [0.29, 0.717) is 18.7 Å². The molecule has 0 amide bonds. The quantitative estimate of drug-likeness (QED) is 0.581. The molecule has 1 aliphatic rings. The van der Waals surface area contributed by atoms with Crippen molar-refractivity contribution in [3.05, 3.63) is 70.8 Å². The minimum Gasteiger partial charge on any atom is -0.346 e. The Labute approximate surface area is 170 Å². The average Bonchev–Trinajstić information content (AvgIpc) is 2.65. The number of hydrogen-bond donors (Lipinski definition) is 0. The van der Waals surface area contributed by atoms with Crippen LogP contribution in [0.3, 0.4) is 0 Å². The van der Waals surface area contributed by atoms with Crippen molar-refractivity contribution in [3.8, 4) is 0 Å². The summed E-state index contributed by atoms with van der Waals surface area (Å²) < 4.78 is 90.0. The fourth-order valence-electron chi connectivity index (χ4n) is 3.55. The summed E-state index contributed by atoms with van der Waals surface area (Å²) in [6.07, 6.45) is -10.9. The number of halogens is 6. The lowest BCUT2D eigenvalue weighted by Crippen LogP contribution is -2.48. The van der Waals surface area contributed by atoms with Gasteiger partial charge in [0, 0.05) is 6.54 Å². The van der Waals surface area contributed by atoms with Gasteiger partial charge in [-0.25, -0.2) is 0 Å². The smallest absolute Gasteiger partial charge is 0.346 e. The van der Waals surface area contributed by atoms with Gasteiger partial charge in [0.15, 0.2) is 6.29 Å². The highest BCUT2D eigenvalue weighted by Gasteiger charge is 2.38. The topological polar surface area (TPSA) is 21.7 Å². The van der Waals surface area contributed by atoms with E-state index in [9.17, 15) is 26.3 Å². The summed E-state index contributed by atoms with van der Waals surface area (Å²) in [6, 6.07) is 10.3. The molecule has 0 aromatic heterocycles. The van der Waals surface area contributed by atoms with Gasteiger partial charge < -0.3 is 9.47 Å². The first-order valence-corrected chi connectivity index (χ1v) is 9.26. The highest BCUT2D eigenvalue weighted by Crippen LogP contribution is 2.37. The monoisotopic (exact) mass is 433 g/mol. The van der Waals surface area contributed by atoms with Crippen LogP contribution < -0.4 is 0 Å². The van der Waals surface area contributed by atoms with Crippen molar-refractivity contribution in [1.82, 2.24) is 4.90 Å². The van der Waals surface area contributed by atoms with Gasteiger partial charge in [-0.1, -0.05) is 30.3 Å². The first kappa shape index (κ1) is 22.6. The lowest BCUT2D eigenvalue weighted by atomic mass is 10.0. The molecule has 2 aromatic rings. The SMILES string of the molecule is C[C@@H]1CN(C)[C@@H](c2ccccc2)[C@@H](OCc2cc(C(F)(F)F)cc(C(F)(F)F)c2)O1. The van der Waals surface area contributed by atoms with Gasteiger partial charge in [0.2, 0.25) is 0 Å². The molecule has 0 unspecified atom stereocenters. The molecule has 3 rings (SSSR count). The van der Waals surface area contributed by atoms with Crippen molar-refractivity contribution in [2.75, 3.05) is 13.6 Å². The molecule has 0 saturated carbocycles. The van der Waals surface area contributed by atoms with E-state index in [1.807, 2.05) is 49.2 Å². The minimum atomic E-state index is -4.90. The maximum Gasteiger partial charge on any atom is 0.416 e. The molecule has 0 radical (unpaired) electrons. The lowest BCUT2D eigenvalue weighted by Gasteiger charge is -2.42. The summed E-state index contributed by atoms with van der Waals surface area (Å²) in [6.45, 7) is 1.96. The van der Waals surface area contributed by atoms with E-state index in [1.54, 1.807) is 0 Å². The van der Waals surface area contributed by atoms with Crippen molar-refractivity contribution in [2.24, 2.45) is 0 Å². The Bertz CT molecular complexity index is 821. The van der Waals surface area contributed by atoms with E-state index >= 15 is 0 Å². The van der Waals surface area contributed by atoms with E-state index in [1.165, 1.54) is 0 Å². The van der Waals surface area contributed by atoms with Crippen LogP contribution in [-0.2, 0) is 28.4 Å². The molecule has 9 heteroatoms. The molecule has 3 atom stereocenters. The van der Waals surface area contributed by atoms with Gasteiger partial charge in [0.1, 0.15) is 0 Å². The number of hydrogen-bond acceptors (Lipinski definition) is 3. The van der Waals surface area contributed by atoms with E-state index < -0.39 is 36.4 Å². The fraction of sp³-hybridized carbons (Fsp3) is 0.429. The van der Waals surface area contributed by atoms with Gasteiger partial charge in [-0.3, -0.25) is 4.90 Å². The maximum atomic E-state index is 13.1. The van der Waals surface area contributed by atoms with Crippen molar-refractivity contribution < 1.29 is 35.8 Å². The molecule has 0 spiro atoms. The third-order valence-electron chi connectivity index (χ3n) is 4.85. The second-order valence-corrected chi connectivity index (χ2v) is 7.34. The van der Waals surface area contributed by atoms with Crippen molar-refractivity contribution in [2.45, 2.75) is 44.3 Å². The number of nitrogens with zero attached hydrogens (tertiary/aromatic N) is 1. The molecule has 1 heterocycles. The second kappa shape index (κ2) is 8.56. The molecular formula is C21H21F6NO2. The zero-order chi connectivity index (χ0) is 22.1. The Hall–Kier alpha value is -2.10. The number of rotatable bonds is 4. The highest BCUT2D eigenvalue weighted by atomic mass is 19.4. The van der Waals surface area contributed by atoms with Gasteiger partial charge in [-0.15, -0.1) is 0 Å². The number of alkyl halides is 6. The molecule has 3 nitrogen and oxygen atoms in total. The van der Waals surface area contributed by atoms with Crippen molar-refractivity contribution in [1.29, 1.82) is 0 Å². The third kappa shape index (κ3) is 5.33. The fourth-order valence-corrected chi connectivity index (χ4v) is 3.55. The number of ether oxygens (including phenoxy) is 2. The summed E-state index contributed by atoms with van der Waals surface area (Å²) in [5.74, 6) is 0. The first-order valence-electron chi connectivity index (χ1n) is 9.26. The van der Waals surface area contributed by atoms with Crippen molar-refractivity contribution >= 4 is 0 Å². The minimum absolute atomic E-state index is 0.100. The average molecular weight is 433 g/mol. The van der Waals surface area contributed by atoms with E-state index in [0.717, 1.165) is 5.56 Å². The van der Waals surface area contributed by atoms with Gasteiger partial charge >= 0.3 is 12.4 Å². The summed E-state index contributed by atoms with van der Waals surface area (Å²) in [7, 11) is 1.86. The maximum absolute atomic E-state index is 13.1. The summed E-state index contributed by atoms with van der Waals surface area (Å²) in [5.41, 5.74) is -2.10. The van der Waals surface area contributed by atoms with Crippen LogP contribution in [0.2, 0.25) is 0 Å². The lowest BCUT2D eigenvalue weighted by molar-refractivity contribution is -0.236. The first-order chi connectivity index (χ1) is 13.9. The zero-order valence-electron chi connectivity index (χ0n) is 16.3. The number of likely N-dealkylation sites (N-methyl/N-ethyl adjacent to an activating group) is 1. The molecule has 30 heavy (non-hydrogen) atoms. The second-order valence-electron chi connectivity index (χ2n) is 7.34. The van der Waals surface area contributed by atoms with E-state index in [-0.39, 0.29) is 23.8 Å². The van der Waals surface area contributed by atoms with Gasteiger partial charge in [0.05, 0.1) is 29.9 Å². The Morgan fingerprint density at radius 2 is 1.53 bits per heavy atom. The zero-order valence-corrected chi connectivity index (χ0v) is 16.3. The van der Waals surface area contributed by atoms with Crippen LogP contribution in [0.5, 0.6) is 0 Å². The predicted molar refractivity (Wildman–Crippen MR) is 97.4 cm³/mol. The van der Waals surface area contributed by atoms with E-state index in [4.69, 9.17) is 9.47 Å². The molecule has 164 valence electrons. The molecule has 0 N–H and O–H groups in total. The van der Waals surface area contributed by atoms with Crippen LogP contribution >= 0.6 is 0 Å². The van der Waals surface area contributed by atoms with E-state index in [2.05, 4.69) is 0 Å². The Morgan fingerprint density at radius 1 is 0.967 bits per heavy atom. The standard InChI is InChI=1S/C21H21F6NO2/c1-13-11-28(2)18(15-6-4-3-5-7-15)19(30-13)29-12-14-8-16(20(22,23)24)10-17(9-14)21(25,26)27/h3-10,13,18-19H,11-12H2,1-2H3/t13-,18+,19+/m1/s1. The van der Waals surface area contributed by atoms with Gasteiger partial charge in [-0.2, -0.15) is 26.3 Å². The van der Waals surface area contributed by atoms with Gasteiger partial charge in [-0.05, 0) is 43.3 Å². The molecule has 0 aliphatic carbocycles. The van der Waals surface area contributed by atoms with Crippen LogP contribution in [0.1, 0.15) is 35.2 Å². The Morgan fingerprint density at radius 3 is 2.07 bits per heavy atom.